The van der Waals surface area contributed by atoms with Crippen molar-refractivity contribution in [1.82, 2.24) is 10.2 Å². The first-order chi connectivity index (χ1) is 9.37. The maximum atomic E-state index is 13.9. The summed E-state index contributed by atoms with van der Waals surface area (Å²) < 4.78 is 52.4. The van der Waals surface area contributed by atoms with Gasteiger partial charge in [-0.3, -0.25) is 4.90 Å². The van der Waals surface area contributed by atoms with E-state index in [0.29, 0.717) is 26.2 Å². The lowest BCUT2D eigenvalue weighted by atomic mass is 9.98. The molecule has 0 saturated carbocycles. The van der Waals surface area contributed by atoms with E-state index in [4.69, 9.17) is 0 Å². The zero-order valence-corrected chi connectivity index (χ0v) is 13.8. The Labute approximate surface area is 140 Å². The Kier molecular flexibility index (Phi) is 8.69. The van der Waals surface area contributed by atoms with Crippen LogP contribution in [0.5, 0.6) is 0 Å². The average molecular weight is 363 g/mol. The van der Waals surface area contributed by atoms with E-state index in [1.165, 1.54) is 12.1 Å². The molecule has 0 aromatic heterocycles. The third-order valence-electron chi connectivity index (χ3n) is 3.53. The van der Waals surface area contributed by atoms with Gasteiger partial charge in [0, 0.05) is 37.8 Å². The first kappa shape index (κ1) is 21.4. The number of nitrogens with zero attached hydrogens (tertiary/aromatic N) is 1. The van der Waals surface area contributed by atoms with Gasteiger partial charge in [-0.05, 0) is 13.0 Å². The normalized spacial score (nSPS) is 17.3. The number of hydrogen-bond donors (Lipinski definition) is 1. The number of hydrogen-bond acceptors (Lipinski definition) is 2. The second kappa shape index (κ2) is 8.91. The summed E-state index contributed by atoms with van der Waals surface area (Å²) in [5.41, 5.74) is 0.910. The third kappa shape index (κ3) is 5.91. The zero-order chi connectivity index (χ0) is 14.8. The fourth-order valence-electron chi connectivity index (χ4n) is 2.57. The Hall–Kier alpha value is -0.560. The minimum absolute atomic E-state index is 0. The highest BCUT2D eigenvalue weighted by Gasteiger charge is 2.37. The summed E-state index contributed by atoms with van der Waals surface area (Å²) in [7, 11) is 0. The summed E-state index contributed by atoms with van der Waals surface area (Å²) in [5.74, 6) is -0.566. The van der Waals surface area contributed by atoms with Gasteiger partial charge in [0.2, 0.25) is 0 Å². The van der Waals surface area contributed by atoms with Crippen molar-refractivity contribution in [1.29, 1.82) is 0 Å². The summed E-state index contributed by atoms with van der Waals surface area (Å²) in [6.45, 7) is 4.00. The van der Waals surface area contributed by atoms with Crippen LogP contribution in [0, 0.1) is 12.7 Å². The molecule has 0 radical (unpaired) electrons. The molecule has 0 bridgehead atoms. The SMILES string of the molecule is Cc1ccc(F)c([C@H](CC(F)(F)F)N2CCNCC2)c1.Cl.Cl. The Bertz CT molecular complexity index is 463. The van der Waals surface area contributed by atoms with E-state index in [9.17, 15) is 17.6 Å². The van der Waals surface area contributed by atoms with Gasteiger partial charge in [-0.1, -0.05) is 17.7 Å². The lowest BCUT2D eigenvalue weighted by molar-refractivity contribution is -0.149. The van der Waals surface area contributed by atoms with Gasteiger partial charge in [0.05, 0.1) is 6.42 Å². The lowest BCUT2D eigenvalue weighted by Gasteiger charge is -2.35. The lowest BCUT2D eigenvalue weighted by Crippen LogP contribution is -2.46. The van der Waals surface area contributed by atoms with Crippen LogP contribution in [0.25, 0.3) is 0 Å². The maximum Gasteiger partial charge on any atom is 0.390 e. The second-order valence-corrected chi connectivity index (χ2v) is 5.15. The molecule has 1 aromatic carbocycles. The number of halogens is 6. The molecule has 2 nitrogen and oxygen atoms in total. The Morgan fingerprint density at radius 2 is 1.77 bits per heavy atom. The molecular formula is C14H20Cl2F4N2. The minimum atomic E-state index is -4.31. The summed E-state index contributed by atoms with van der Waals surface area (Å²) >= 11 is 0. The number of benzene rings is 1. The van der Waals surface area contributed by atoms with Crippen LogP contribution in [0.1, 0.15) is 23.6 Å². The number of nitrogens with one attached hydrogen (secondary N) is 1. The molecule has 0 unspecified atom stereocenters. The number of alkyl halides is 3. The van der Waals surface area contributed by atoms with Crippen molar-refractivity contribution in [3.05, 3.63) is 35.1 Å². The first-order valence-corrected chi connectivity index (χ1v) is 6.64. The molecule has 1 aromatic rings. The van der Waals surface area contributed by atoms with E-state index in [-0.39, 0.29) is 30.4 Å². The summed E-state index contributed by atoms with van der Waals surface area (Å²) in [6.07, 6.45) is -5.33. The number of rotatable bonds is 3. The highest BCUT2D eigenvalue weighted by atomic mass is 35.5. The summed E-state index contributed by atoms with van der Waals surface area (Å²) in [4.78, 5) is 1.71. The molecule has 1 fully saturated rings. The second-order valence-electron chi connectivity index (χ2n) is 5.15. The van der Waals surface area contributed by atoms with Gasteiger partial charge >= 0.3 is 6.18 Å². The molecule has 1 atom stereocenters. The minimum Gasteiger partial charge on any atom is -0.314 e. The highest BCUT2D eigenvalue weighted by molar-refractivity contribution is 5.85. The van der Waals surface area contributed by atoms with Crippen molar-refractivity contribution in [2.75, 3.05) is 26.2 Å². The molecule has 0 aliphatic carbocycles. The van der Waals surface area contributed by atoms with Crippen molar-refractivity contribution in [3.63, 3.8) is 0 Å². The predicted molar refractivity (Wildman–Crippen MR) is 83.5 cm³/mol. The largest absolute Gasteiger partial charge is 0.390 e. The zero-order valence-electron chi connectivity index (χ0n) is 12.1. The quantitative estimate of drug-likeness (QED) is 0.821. The van der Waals surface area contributed by atoms with E-state index >= 15 is 0 Å². The van der Waals surface area contributed by atoms with Crippen molar-refractivity contribution in [2.24, 2.45) is 0 Å². The van der Waals surface area contributed by atoms with E-state index in [0.717, 1.165) is 5.56 Å². The van der Waals surface area contributed by atoms with Gasteiger partial charge in [-0.2, -0.15) is 13.2 Å². The number of piperazine rings is 1. The molecule has 1 aliphatic rings. The molecule has 128 valence electrons. The predicted octanol–water partition coefficient (Wildman–Crippen LogP) is 3.88. The van der Waals surface area contributed by atoms with E-state index in [1.807, 2.05) is 0 Å². The van der Waals surface area contributed by atoms with Gasteiger partial charge in [-0.15, -0.1) is 24.8 Å². The summed E-state index contributed by atoms with van der Waals surface area (Å²) in [6, 6.07) is 3.39. The van der Waals surface area contributed by atoms with Crippen LogP contribution in [-0.2, 0) is 0 Å². The van der Waals surface area contributed by atoms with Crippen LogP contribution >= 0.6 is 24.8 Å². The van der Waals surface area contributed by atoms with Crippen LogP contribution in [0.2, 0.25) is 0 Å². The highest BCUT2D eigenvalue weighted by Crippen LogP contribution is 2.35. The molecule has 0 amide bonds. The topological polar surface area (TPSA) is 15.3 Å². The van der Waals surface area contributed by atoms with Crippen LogP contribution < -0.4 is 5.32 Å². The van der Waals surface area contributed by atoms with Gasteiger partial charge in [0.1, 0.15) is 5.82 Å². The number of aryl methyl sites for hydroxylation is 1. The van der Waals surface area contributed by atoms with Crippen LogP contribution in [0.15, 0.2) is 18.2 Å². The van der Waals surface area contributed by atoms with Crippen molar-refractivity contribution in [3.8, 4) is 0 Å². The molecule has 22 heavy (non-hydrogen) atoms. The standard InChI is InChI=1S/C14H18F4N2.2ClH/c1-10-2-3-12(15)11(8-10)13(9-14(16,17)18)20-6-4-19-5-7-20;;/h2-3,8,13,19H,4-7,9H2,1H3;2*1H/t13-;;/m0../s1. The van der Waals surface area contributed by atoms with Gasteiger partial charge < -0.3 is 5.32 Å². The third-order valence-corrected chi connectivity index (χ3v) is 3.53. The first-order valence-electron chi connectivity index (χ1n) is 6.64. The monoisotopic (exact) mass is 362 g/mol. The molecule has 0 spiro atoms. The fraction of sp³-hybridized carbons (Fsp3) is 0.571. The van der Waals surface area contributed by atoms with Gasteiger partial charge in [0.15, 0.2) is 0 Å². The smallest absolute Gasteiger partial charge is 0.314 e. The van der Waals surface area contributed by atoms with Crippen molar-refractivity contribution in [2.45, 2.75) is 25.6 Å². The van der Waals surface area contributed by atoms with E-state index < -0.39 is 24.5 Å². The van der Waals surface area contributed by atoms with Crippen LogP contribution in [0.4, 0.5) is 17.6 Å². The van der Waals surface area contributed by atoms with Gasteiger partial charge in [0.25, 0.3) is 0 Å². The van der Waals surface area contributed by atoms with Crippen molar-refractivity contribution >= 4 is 24.8 Å². The molecule has 2 rings (SSSR count). The molecule has 1 saturated heterocycles. The molecule has 1 N–H and O–H groups in total. The Balaban J connectivity index is 0.00000220. The van der Waals surface area contributed by atoms with Crippen LogP contribution in [0.3, 0.4) is 0 Å². The average Bonchev–Trinajstić information content (AvgIpc) is 2.39. The Morgan fingerprint density at radius 1 is 1.18 bits per heavy atom. The summed E-state index contributed by atoms with van der Waals surface area (Å²) in [5, 5.41) is 3.09. The molecule has 1 heterocycles. The molecule has 1 aliphatic heterocycles. The van der Waals surface area contributed by atoms with Crippen LogP contribution in [-0.4, -0.2) is 37.3 Å². The Morgan fingerprint density at radius 3 is 2.32 bits per heavy atom. The van der Waals surface area contributed by atoms with E-state index in [2.05, 4.69) is 5.32 Å². The molecular weight excluding hydrogens is 343 g/mol. The fourth-order valence-corrected chi connectivity index (χ4v) is 2.57. The van der Waals surface area contributed by atoms with Gasteiger partial charge in [-0.25, -0.2) is 4.39 Å². The maximum absolute atomic E-state index is 13.9. The molecule has 8 heteroatoms. The van der Waals surface area contributed by atoms with E-state index in [1.54, 1.807) is 17.9 Å². The van der Waals surface area contributed by atoms with Crippen molar-refractivity contribution < 1.29 is 17.6 Å².